The number of carboxylic acid groups (broad SMARTS) is 1. The molecule has 3 N–H and O–H groups in total. The van der Waals surface area contributed by atoms with E-state index in [1.807, 2.05) is 0 Å². The molecule has 0 saturated carbocycles. The van der Waals surface area contributed by atoms with Crippen LogP contribution in [0.3, 0.4) is 0 Å². The smallest absolute Gasteiger partial charge is 0.305 e. The highest BCUT2D eigenvalue weighted by atomic mass is 19.1. The topological polar surface area (TPSA) is 76.5 Å². The van der Waals surface area contributed by atoms with Gasteiger partial charge in [0.1, 0.15) is 12.0 Å². The summed E-state index contributed by atoms with van der Waals surface area (Å²) in [5, 5.41) is 8.34. The molecule has 5 heteroatoms. The third-order valence-corrected chi connectivity index (χ3v) is 1.35. The van der Waals surface area contributed by atoms with E-state index >= 15 is 0 Å². The van der Waals surface area contributed by atoms with Crippen LogP contribution < -0.4 is 5.73 Å². The van der Waals surface area contributed by atoms with Crippen LogP contribution in [0.5, 0.6) is 0 Å². The van der Waals surface area contributed by atoms with E-state index in [-0.39, 0.29) is 12.2 Å². The van der Waals surface area contributed by atoms with Crippen LogP contribution in [0.1, 0.15) is 18.2 Å². The van der Waals surface area contributed by atoms with Gasteiger partial charge in [-0.1, -0.05) is 0 Å². The SMILES string of the molecule is N[C@@H](CC(=O)O)c1cc(F)co1. The van der Waals surface area contributed by atoms with Crippen molar-refractivity contribution in [2.24, 2.45) is 5.73 Å². The summed E-state index contributed by atoms with van der Waals surface area (Å²) in [5.41, 5.74) is 5.37. The standard InChI is InChI=1S/C7H8FNO3/c8-4-1-6(12-3-4)5(9)2-7(10)11/h1,3,5H,2,9H2,(H,10,11)/t5-/m0/s1. The van der Waals surface area contributed by atoms with Gasteiger partial charge in [-0.25, -0.2) is 4.39 Å². The fourth-order valence-electron chi connectivity index (χ4n) is 0.811. The summed E-state index contributed by atoms with van der Waals surface area (Å²) in [7, 11) is 0. The maximum Gasteiger partial charge on any atom is 0.305 e. The Hall–Kier alpha value is -1.36. The number of rotatable bonds is 3. The van der Waals surface area contributed by atoms with Crippen LogP contribution in [0.25, 0.3) is 0 Å². The summed E-state index contributed by atoms with van der Waals surface area (Å²) < 4.78 is 17.0. The molecule has 0 aliphatic rings. The van der Waals surface area contributed by atoms with Crippen LogP contribution >= 0.6 is 0 Å². The van der Waals surface area contributed by atoms with Crippen LogP contribution in [0, 0.1) is 5.82 Å². The van der Waals surface area contributed by atoms with Gasteiger partial charge >= 0.3 is 5.97 Å². The molecule has 12 heavy (non-hydrogen) atoms. The monoisotopic (exact) mass is 173 g/mol. The molecule has 1 heterocycles. The number of halogens is 1. The molecule has 0 saturated heterocycles. The molecular formula is C7H8FNO3. The lowest BCUT2D eigenvalue weighted by molar-refractivity contribution is -0.137. The number of nitrogens with two attached hydrogens (primary N) is 1. The van der Waals surface area contributed by atoms with Gasteiger partial charge < -0.3 is 15.3 Å². The predicted octanol–water partition coefficient (Wildman–Crippen LogP) is 0.893. The van der Waals surface area contributed by atoms with Crippen LogP contribution in [0.4, 0.5) is 4.39 Å². The van der Waals surface area contributed by atoms with E-state index in [2.05, 4.69) is 4.42 Å². The molecule has 1 aromatic rings. The Morgan fingerprint density at radius 2 is 2.50 bits per heavy atom. The first-order chi connectivity index (χ1) is 5.59. The van der Waals surface area contributed by atoms with Gasteiger partial charge in [0.15, 0.2) is 5.82 Å². The number of aliphatic carboxylic acids is 1. The molecular weight excluding hydrogens is 165 g/mol. The van der Waals surface area contributed by atoms with Crippen LogP contribution in [-0.2, 0) is 4.79 Å². The van der Waals surface area contributed by atoms with Gasteiger partial charge in [-0.3, -0.25) is 4.79 Å². The summed E-state index contributed by atoms with van der Waals surface area (Å²) in [5.74, 6) is -1.44. The van der Waals surface area contributed by atoms with E-state index in [0.717, 1.165) is 12.3 Å². The van der Waals surface area contributed by atoms with E-state index in [1.165, 1.54) is 0 Å². The molecule has 0 bridgehead atoms. The average molecular weight is 173 g/mol. The summed E-state index contributed by atoms with van der Waals surface area (Å²) in [4.78, 5) is 10.2. The van der Waals surface area contributed by atoms with Crippen molar-refractivity contribution in [1.82, 2.24) is 0 Å². The van der Waals surface area contributed by atoms with E-state index < -0.39 is 17.8 Å². The van der Waals surface area contributed by atoms with Crippen molar-refractivity contribution >= 4 is 5.97 Å². The first kappa shape index (κ1) is 8.73. The molecule has 0 unspecified atom stereocenters. The number of carboxylic acids is 1. The van der Waals surface area contributed by atoms with Crippen molar-refractivity contribution in [3.8, 4) is 0 Å². The van der Waals surface area contributed by atoms with Gasteiger partial charge in [0.05, 0.1) is 12.5 Å². The van der Waals surface area contributed by atoms with Gasteiger partial charge in [0.25, 0.3) is 0 Å². The Labute approximate surface area is 67.8 Å². The zero-order valence-electron chi connectivity index (χ0n) is 6.16. The Morgan fingerprint density at radius 3 is 2.92 bits per heavy atom. The van der Waals surface area contributed by atoms with Crippen molar-refractivity contribution in [2.45, 2.75) is 12.5 Å². The lowest BCUT2D eigenvalue weighted by atomic mass is 10.2. The fraction of sp³-hybridized carbons (Fsp3) is 0.286. The minimum Gasteiger partial charge on any atom is -0.481 e. The van der Waals surface area contributed by atoms with Crippen molar-refractivity contribution in [1.29, 1.82) is 0 Å². The lowest BCUT2D eigenvalue weighted by Gasteiger charge is -2.02. The van der Waals surface area contributed by atoms with Crippen molar-refractivity contribution in [3.05, 3.63) is 23.9 Å². The summed E-state index contributed by atoms with van der Waals surface area (Å²) >= 11 is 0. The second-order valence-electron chi connectivity index (χ2n) is 2.37. The second kappa shape index (κ2) is 3.36. The normalized spacial score (nSPS) is 12.8. The maximum atomic E-state index is 12.3. The molecule has 1 rings (SSSR count). The van der Waals surface area contributed by atoms with Gasteiger partial charge in [0, 0.05) is 6.07 Å². The Balaban J connectivity index is 2.64. The molecule has 4 nitrogen and oxygen atoms in total. The fourth-order valence-corrected chi connectivity index (χ4v) is 0.811. The average Bonchev–Trinajstić information content (AvgIpc) is 2.34. The van der Waals surface area contributed by atoms with Crippen LogP contribution in [0.2, 0.25) is 0 Å². The summed E-state index contributed by atoms with van der Waals surface area (Å²) in [6.45, 7) is 0. The number of carbonyl (C=O) groups is 1. The zero-order valence-corrected chi connectivity index (χ0v) is 6.16. The second-order valence-corrected chi connectivity index (χ2v) is 2.37. The summed E-state index contributed by atoms with van der Waals surface area (Å²) in [6, 6.07) is 0.292. The molecule has 1 atom stereocenters. The molecule has 0 radical (unpaired) electrons. The lowest BCUT2D eigenvalue weighted by Crippen LogP contribution is -2.14. The third-order valence-electron chi connectivity index (χ3n) is 1.35. The Bertz CT molecular complexity index is 284. The van der Waals surface area contributed by atoms with Crippen LogP contribution in [0.15, 0.2) is 16.7 Å². The van der Waals surface area contributed by atoms with E-state index in [4.69, 9.17) is 10.8 Å². The number of hydrogen-bond acceptors (Lipinski definition) is 3. The highest BCUT2D eigenvalue weighted by molar-refractivity contribution is 5.67. The predicted molar refractivity (Wildman–Crippen MR) is 37.8 cm³/mol. The van der Waals surface area contributed by atoms with E-state index in [1.54, 1.807) is 0 Å². The maximum absolute atomic E-state index is 12.3. The highest BCUT2D eigenvalue weighted by Gasteiger charge is 2.14. The first-order valence-electron chi connectivity index (χ1n) is 3.31. The molecule has 0 aromatic carbocycles. The Kier molecular flexibility index (Phi) is 2.44. The molecule has 1 aromatic heterocycles. The molecule has 66 valence electrons. The van der Waals surface area contributed by atoms with Crippen molar-refractivity contribution in [3.63, 3.8) is 0 Å². The van der Waals surface area contributed by atoms with Crippen LogP contribution in [-0.4, -0.2) is 11.1 Å². The van der Waals surface area contributed by atoms with Gasteiger partial charge in [-0.05, 0) is 0 Å². The molecule has 0 spiro atoms. The minimum absolute atomic E-state index is 0.148. The number of furan rings is 1. The summed E-state index contributed by atoms with van der Waals surface area (Å²) in [6.07, 6.45) is 0.615. The van der Waals surface area contributed by atoms with Crippen molar-refractivity contribution in [2.75, 3.05) is 0 Å². The van der Waals surface area contributed by atoms with Gasteiger partial charge in [0.2, 0.25) is 0 Å². The minimum atomic E-state index is -1.04. The quantitative estimate of drug-likeness (QED) is 0.711. The van der Waals surface area contributed by atoms with Gasteiger partial charge in [-0.15, -0.1) is 0 Å². The van der Waals surface area contributed by atoms with Crippen molar-refractivity contribution < 1.29 is 18.7 Å². The molecule has 0 aliphatic carbocycles. The van der Waals surface area contributed by atoms with Gasteiger partial charge in [-0.2, -0.15) is 0 Å². The third kappa shape index (κ3) is 2.06. The van der Waals surface area contributed by atoms with E-state index in [0.29, 0.717) is 0 Å². The number of hydrogen-bond donors (Lipinski definition) is 2. The molecule has 0 aliphatic heterocycles. The largest absolute Gasteiger partial charge is 0.481 e. The molecule has 0 amide bonds. The Morgan fingerprint density at radius 1 is 1.83 bits per heavy atom. The highest BCUT2D eigenvalue weighted by Crippen LogP contribution is 2.16. The van der Waals surface area contributed by atoms with E-state index in [9.17, 15) is 9.18 Å². The zero-order chi connectivity index (χ0) is 9.14. The molecule has 0 fully saturated rings. The first-order valence-corrected chi connectivity index (χ1v) is 3.31.